The number of ether oxygens (including phenoxy) is 1. The molecule has 0 aliphatic carbocycles. The highest BCUT2D eigenvalue weighted by Gasteiger charge is 2.31. The predicted octanol–water partition coefficient (Wildman–Crippen LogP) is -0.0825. The van der Waals surface area contributed by atoms with Gasteiger partial charge in [-0.1, -0.05) is 0 Å². The van der Waals surface area contributed by atoms with Crippen molar-refractivity contribution in [1.29, 1.82) is 0 Å². The van der Waals surface area contributed by atoms with Crippen molar-refractivity contribution in [3.05, 3.63) is 0 Å². The lowest BCUT2D eigenvalue weighted by atomic mass is 10.1. The first-order chi connectivity index (χ1) is 8.68. The summed E-state index contributed by atoms with van der Waals surface area (Å²) in [5.41, 5.74) is 0. The Hall–Kier alpha value is -0.650. The average molecular weight is 255 g/mol. The summed E-state index contributed by atoms with van der Waals surface area (Å²) in [6.45, 7) is 7.41. The third-order valence-electron chi connectivity index (χ3n) is 4.02. The van der Waals surface area contributed by atoms with Gasteiger partial charge in [0.2, 0.25) is 5.91 Å². The molecule has 0 aromatic carbocycles. The molecule has 2 rings (SSSR count). The molecule has 2 saturated heterocycles. The van der Waals surface area contributed by atoms with Crippen LogP contribution in [-0.4, -0.2) is 74.2 Å². The van der Waals surface area contributed by atoms with E-state index in [2.05, 4.69) is 17.1 Å². The molecule has 2 fully saturated rings. The molecule has 2 atom stereocenters. The van der Waals surface area contributed by atoms with Crippen molar-refractivity contribution in [3.8, 4) is 0 Å². The Morgan fingerprint density at radius 1 is 1.44 bits per heavy atom. The summed E-state index contributed by atoms with van der Waals surface area (Å²) in [6, 6.07) is 0.252. The third kappa shape index (κ3) is 3.43. The maximum absolute atomic E-state index is 12.3. The molecule has 1 amide bonds. The molecule has 0 aromatic heterocycles. The van der Waals surface area contributed by atoms with Gasteiger partial charge in [-0.25, -0.2) is 0 Å². The molecule has 0 aromatic rings. The Kier molecular flexibility index (Phi) is 4.97. The lowest BCUT2D eigenvalue weighted by Crippen LogP contribution is -2.46. The van der Waals surface area contributed by atoms with Gasteiger partial charge in [-0.3, -0.25) is 9.69 Å². The number of hydrogen-bond donors (Lipinski definition) is 1. The van der Waals surface area contributed by atoms with Gasteiger partial charge >= 0.3 is 0 Å². The first-order valence-corrected chi connectivity index (χ1v) is 6.99. The van der Waals surface area contributed by atoms with Crippen LogP contribution in [0.25, 0.3) is 0 Å². The summed E-state index contributed by atoms with van der Waals surface area (Å²) >= 11 is 0. The van der Waals surface area contributed by atoms with Crippen molar-refractivity contribution in [1.82, 2.24) is 15.1 Å². The van der Waals surface area contributed by atoms with Crippen molar-refractivity contribution in [2.75, 3.05) is 46.4 Å². The second-order valence-corrected chi connectivity index (χ2v) is 5.32. The molecule has 0 radical (unpaired) electrons. The topological polar surface area (TPSA) is 44.8 Å². The van der Waals surface area contributed by atoms with E-state index in [1.807, 2.05) is 11.9 Å². The smallest absolute Gasteiger partial charge is 0.236 e. The number of nitrogens with one attached hydrogen (secondary N) is 1. The lowest BCUT2D eigenvalue weighted by molar-refractivity contribution is -0.134. The highest BCUT2D eigenvalue weighted by Crippen LogP contribution is 2.18. The van der Waals surface area contributed by atoms with Gasteiger partial charge < -0.3 is 15.0 Å². The van der Waals surface area contributed by atoms with Crippen LogP contribution in [-0.2, 0) is 9.53 Å². The van der Waals surface area contributed by atoms with E-state index in [1.54, 1.807) is 0 Å². The second kappa shape index (κ2) is 6.50. The number of likely N-dealkylation sites (N-methyl/N-ethyl adjacent to an activating group) is 1. The highest BCUT2D eigenvalue weighted by atomic mass is 16.5. The molecular weight excluding hydrogens is 230 g/mol. The van der Waals surface area contributed by atoms with E-state index < -0.39 is 0 Å². The maximum Gasteiger partial charge on any atom is 0.236 e. The van der Waals surface area contributed by atoms with Gasteiger partial charge in [-0.15, -0.1) is 0 Å². The zero-order chi connectivity index (χ0) is 13.0. The number of carbonyl (C=O) groups is 1. The molecule has 2 unspecified atom stereocenters. The van der Waals surface area contributed by atoms with Gasteiger partial charge in [0, 0.05) is 26.7 Å². The first-order valence-electron chi connectivity index (χ1n) is 6.99. The first kappa shape index (κ1) is 13.8. The molecule has 0 saturated carbocycles. The minimum Gasteiger partial charge on any atom is -0.376 e. The number of rotatable bonds is 3. The Morgan fingerprint density at radius 2 is 2.28 bits per heavy atom. The van der Waals surface area contributed by atoms with Gasteiger partial charge in [-0.2, -0.15) is 0 Å². The molecular formula is C13H25N3O2. The summed E-state index contributed by atoms with van der Waals surface area (Å²) < 4.78 is 5.53. The van der Waals surface area contributed by atoms with E-state index in [-0.39, 0.29) is 18.1 Å². The molecule has 0 spiro atoms. The predicted molar refractivity (Wildman–Crippen MR) is 70.5 cm³/mol. The number of hydrogen-bond acceptors (Lipinski definition) is 4. The molecule has 5 heteroatoms. The van der Waals surface area contributed by atoms with Gasteiger partial charge in [0.25, 0.3) is 0 Å². The van der Waals surface area contributed by atoms with Gasteiger partial charge in [0.05, 0.1) is 18.7 Å². The van der Waals surface area contributed by atoms with Crippen LogP contribution < -0.4 is 5.32 Å². The van der Waals surface area contributed by atoms with Crippen LogP contribution >= 0.6 is 0 Å². The monoisotopic (exact) mass is 255 g/mol. The van der Waals surface area contributed by atoms with Crippen molar-refractivity contribution in [2.24, 2.45) is 0 Å². The summed E-state index contributed by atoms with van der Waals surface area (Å²) in [7, 11) is 1.91. The molecule has 18 heavy (non-hydrogen) atoms. The zero-order valence-electron chi connectivity index (χ0n) is 11.5. The van der Waals surface area contributed by atoms with Crippen molar-refractivity contribution < 1.29 is 9.53 Å². The molecule has 1 N–H and O–H groups in total. The summed E-state index contributed by atoms with van der Waals surface area (Å²) in [5, 5.41) is 3.36. The van der Waals surface area contributed by atoms with Crippen LogP contribution in [0.1, 0.15) is 19.8 Å². The van der Waals surface area contributed by atoms with Crippen LogP contribution in [0.3, 0.4) is 0 Å². The van der Waals surface area contributed by atoms with Crippen LogP contribution in [0.5, 0.6) is 0 Å². The van der Waals surface area contributed by atoms with Crippen LogP contribution in [0.2, 0.25) is 0 Å². The van der Waals surface area contributed by atoms with Crippen LogP contribution in [0.4, 0.5) is 0 Å². The minimum atomic E-state index is 0.171. The van der Waals surface area contributed by atoms with E-state index in [9.17, 15) is 4.79 Å². The Labute approximate surface area is 109 Å². The minimum absolute atomic E-state index is 0.171. The SMILES string of the molecule is CC1OCCC1N(C)C(=O)CN1CCCNCC1. The van der Waals surface area contributed by atoms with Crippen molar-refractivity contribution in [2.45, 2.75) is 31.9 Å². The molecule has 2 aliphatic heterocycles. The van der Waals surface area contributed by atoms with Gasteiger partial charge in [0.1, 0.15) is 0 Å². The number of amides is 1. The Morgan fingerprint density at radius 3 is 3.00 bits per heavy atom. The van der Waals surface area contributed by atoms with E-state index in [4.69, 9.17) is 4.74 Å². The summed E-state index contributed by atoms with van der Waals surface area (Å²) in [6.07, 6.45) is 2.26. The average Bonchev–Trinajstić information content (AvgIpc) is 2.62. The second-order valence-electron chi connectivity index (χ2n) is 5.32. The van der Waals surface area contributed by atoms with Crippen LogP contribution in [0.15, 0.2) is 0 Å². The normalized spacial score (nSPS) is 30.1. The quantitative estimate of drug-likeness (QED) is 0.766. The van der Waals surface area contributed by atoms with E-state index in [1.165, 1.54) is 0 Å². The standard InChI is InChI=1S/C13H25N3O2/c1-11-12(4-9-18-11)15(2)13(17)10-16-7-3-5-14-6-8-16/h11-12,14H,3-10H2,1-2H3. The fourth-order valence-corrected chi connectivity index (χ4v) is 2.78. The fourth-order valence-electron chi connectivity index (χ4n) is 2.78. The molecule has 2 heterocycles. The molecule has 2 aliphatic rings. The van der Waals surface area contributed by atoms with Gasteiger partial charge in [0.15, 0.2) is 0 Å². The third-order valence-corrected chi connectivity index (χ3v) is 4.02. The lowest BCUT2D eigenvalue weighted by Gasteiger charge is -2.29. The number of carbonyl (C=O) groups excluding carboxylic acids is 1. The van der Waals surface area contributed by atoms with E-state index in [0.717, 1.165) is 45.6 Å². The highest BCUT2D eigenvalue weighted by molar-refractivity contribution is 5.78. The maximum atomic E-state index is 12.3. The molecule has 104 valence electrons. The summed E-state index contributed by atoms with van der Waals surface area (Å²) in [5.74, 6) is 0.222. The van der Waals surface area contributed by atoms with Gasteiger partial charge in [-0.05, 0) is 32.9 Å². The zero-order valence-corrected chi connectivity index (χ0v) is 11.5. The Bertz CT molecular complexity index is 277. The summed E-state index contributed by atoms with van der Waals surface area (Å²) in [4.78, 5) is 16.4. The Balaban J connectivity index is 1.82. The van der Waals surface area contributed by atoms with E-state index in [0.29, 0.717) is 6.54 Å². The molecule has 5 nitrogen and oxygen atoms in total. The van der Waals surface area contributed by atoms with Crippen molar-refractivity contribution >= 4 is 5.91 Å². The molecule has 0 bridgehead atoms. The van der Waals surface area contributed by atoms with Crippen LogP contribution in [0, 0.1) is 0 Å². The number of nitrogens with zero attached hydrogens (tertiary/aromatic N) is 2. The fraction of sp³-hybridized carbons (Fsp3) is 0.923. The largest absolute Gasteiger partial charge is 0.376 e. The van der Waals surface area contributed by atoms with Crippen molar-refractivity contribution in [3.63, 3.8) is 0 Å². The van der Waals surface area contributed by atoms with E-state index >= 15 is 0 Å².